The molecule has 0 saturated carbocycles. The van der Waals surface area contributed by atoms with E-state index in [2.05, 4.69) is 27.4 Å². The van der Waals surface area contributed by atoms with E-state index >= 15 is 0 Å². The molecule has 0 aliphatic carbocycles. The second-order valence-corrected chi connectivity index (χ2v) is 7.74. The van der Waals surface area contributed by atoms with Crippen molar-refractivity contribution >= 4 is 40.6 Å². The molecule has 0 radical (unpaired) electrons. The van der Waals surface area contributed by atoms with Crippen LogP contribution in [0.15, 0.2) is 42.5 Å². The van der Waals surface area contributed by atoms with Crippen molar-refractivity contribution in [3.05, 3.63) is 58.1 Å². The zero-order chi connectivity index (χ0) is 19.9. The Morgan fingerprint density at radius 3 is 2.43 bits per heavy atom. The van der Waals surface area contributed by atoms with Gasteiger partial charge in [0.15, 0.2) is 0 Å². The Bertz CT molecular complexity index is 789. The quantitative estimate of drug-likeness (QED) is 0.701. The highest BCUT2D eigenvalue weighted by Crippen LogP contribution is 2.34. The van der Waals surface area contributed by atoms with Crippen molar-refractivity contribution in [2.45, 2.75) is 19.9 Å². The van der Waals surface area contributed by atoms with E-state index in [0.29, 0.717) is 16.6 Å². The van der Waals surface area contributed by atoms with E-state index in [-0.39, 0.29) is 6.03 Å². The van der Waals surface area contributed by atoms with Crippen LogP contribution in [-0.4, -0.2) is 43.7 Å². The molecule has 28 heavy (non-hydrogen) atoms. The van der Waals surface area contributed by atoms with Gasteiger partial charge in [0.25, 0.3) is 0 Å². The number of nitrogens with one attached hydrogen (secondary N) is 2. The molecule has 2 aromatic carbocycles. The fourth-order valence-electron chi connectivity index (χ4n) is 3.40. The fourth-order valence-corrected chi connectivity index (χ4v) is 3.82. The average Bonchev–Trinajstić information content (AvgIpc) is 2.69. The zero-order valence-electron chi connectivity index (χ0n) is 16.0. The van der Waals surface area contributed by atoms with Crippen molar-refractivity contribution in [1.29, 1.82) is 0 Å². The Labute approximate surface area is 176 Å². The van der Waals surface area contributed by atoms with Gasteiger partial charge in [0, 0.05) is 37.7 Å². The molecular formula is C21H26Cl2N4O. The highest BCUT2D eigenvalue weighted by Gasteiger charge is 2.21. The van der Waals surface area contributed by atoms with Gasteiger partial charge in [-0.05, 0) is 42.8 Å². The number of nitrogens with zero attached hydrogens (tertiary/aromatic N) is 2. The van der Waals surface area contributed by atoms with E-state index in [1.54, 1.807) is 0 Å². The Morgan fingerprint density at radius 2 is 1.75 bits per heavy atom. The maximum Gasteiger partial charge on any atom is 0.319 e. The molecule has 5 nitrogen and oxygen atoms in total. The maximum atomic E-state index is 12.4. The predicted molar refractivity (Wildman–Crippen MR) is 118 cm³/mol. The van der Waals surface area contributed by atoms with Crippen LogP contribution in [0.2, 0.25) is 10.0 Å². The van der Waals surface area contributed by atoms with E-state index < -0.39 is 0 Å². The second-order valence-electron chi connectivity index (χ2n) is 6.90. The molecule has 2 N–H and O–H groups in total. The van der Waals surface area contributed by atoms with Crippen molar-refractivity contribution in [2.75, 3.05) is 42.9 Å². The Hall–Kier alpha value is -1.95. The van der Waals surface area contributed by atoms with Crippen LogP contribution in [-0.2, 0) is 6.54 Å². The van der Waals surface area contributed by atoms with E-state index in [1.165, 1.54) is 0 Å². The Kier molecular flexibility index (Phi) is 7.43. The van der Waals surface area contributed by atoms with Crippen LogP contribution in [0.1, 0.15) is 18.9 Å². The third-order valence-corrected chi connectivity index (χ3v) is 5.39. The second kappa shape index (κ2) is 10.0. The fraction of sp³-hybridized carbons (Fsp3) is 0.381. The molecule has 2 aromatic rings. The molecule has 7 heteroatoms. The summed E-state index contributed by atoms with van der Waals surface area (Å²) in [7, 11) is 0. The van der Waals surface area contributed by atoms with Crippen LogP contribution in [0.25, 0.3) is 0 Å². The van der Waals surface area contributed by atoms with Crippen LogP contribution < -0.4 is 15.5 Å². The van der Waals surface area contributed by atoms with Crippen molar-refractivity contribution < 1.29 is 4.79 Å². The van der Waals surface area contributed by atoms with Crippen LogP contribution in [0.4, 0.5) is 16.2 Å². The number of hydrogen-bond donors (Lipinski definition) is 2. The number of piperazine rings is 1. The van der Waals surface area contributed by atoms with Gasteiger partial charge in [-0.3, -0.25) is 4.90 Å². The van der Waals surface area contributed by atoms with Crippen molar-refractivity contribution in [2.24, 2.45) is 0 Å². The number of benzene rings is 2. The predicted octanol–water partition coefficient (Wildman–Crippen LogP) is 4.85. The topological polar surface area (TPSA) is 47.6 Å². The molecular weight excluding hydrogens is 395 g/mol. The minimum absolute atomic E-state index is 0.261. The molecule has 0 spiro atoms. The van der Waals surface area contributed by atoms with Crippen LogP contribution in [0.3, 0.4) is 0 Å². The molecule has 1 aliphatic heterocycles. The van der Waals surface area contributed by atoms with Gasteiger partial charge in [-0.25, -0.2) is 4.79 Å². The SMILES string of the molecule is CCCN1CCN(c2c(Cl)cccc2NC(=O)NCc2ccc(Cl)cc2)CC1. The van der Waals surface area contributed by atoms with Gasteiger partial charge >= 0.3 is 6.03 Å². The number of carbonyl (C=O) groups is 1. The first-order valence-electron chi connectivity index (χ1n) is 9.62. The number of amides is 2. The number of urea groups is 1. The normalized spacial score (nSPS) is 14.8. The summed E-state index contributed by atoms with van der Waals surface area (Å²) < 4.78 is 0. The lowest BCUT2D eigenvalue weighted by Crippen LogP contribution is -2.47. The van der Waals surface area contributed by atoms with Crippen molar-refractivity contribution in [3.63, 3.8) is 0 Å². The largest absolute Gasteiger partial charge is 0.366 e. The third kappa shape index (κ3) is 5.53. The van der Waals surface area contributed by atoms with Crippen LogP contribution >= 0.6 is 23.2 Å². The number of hydrogen-bond acceptors (Lipinski definition) is 3. The summed E-state index contributed by atoms with van der Waals surface area (Å²) in [5, 5.41) is 7.16. The monoisotopic (exact) mass is 420 g/mol. The Morgan fingerprint density at radius 1 is 1.04 bits per heavy atom. The smallest absolute Gasteiger partial charge is 0.319 e. The molecule has 1 fully saturated rings. The number of halogens is 2. The van der Waals surface area contributed by atoms with Gasteiger partial charge < -0.3 is 15.5 Å². The maximum absolute atomic E-state index is 12.4. The summed E-state index contributed by atoms with van der Waals surface area (Å²) in [5.74, 6) is 0. The minimum Gasteiger partial charge on any atom is -0.366 e. The highest BCUT2D eigenvalue weighted by atomic mass is 35.5. The molecule has 0 bridgehead atoms. The van der Waals surface area contributed by atoms with E-state index in [1.807, 2.05) is 42.5 Å². The number of rotatable bonds is 6. The molecule has 0 atom stereocenters. The molecule has 2 amide bonds. The zero-order valence-corrected chi connectivity index (χ0v) is 17.6. The van der Waals surface area contributed by atoms with Crippen molar-refractivity contribution in [3.8, 4) is 0 Å². The van der Waals surface area contributed by atoms with E-state index in [0.717, 1.165) is 56.1 Å². The summed E-state index contributed by atoms with van der Waals surface area (Å²) in [6.07, 6.45) is 1.16. The van der Waals surface area contributed by atoms with Gasteiger partial charge in [-0.15, -0.1) is 0 Å². The molecule has 1 saturated heterocycles. The first kappa shape index (κ1) is 20.8. The van der Waals surface area contributed by atoms with E-state index in [9.17, 15) is 4.79 Å². The molecule has 3 rings (SSSR count). The lowest BCUT2D eigenvalue weighted by Gasteiger charge is -2.37. The third-order valence-electron chi connectivity index (χ3n) is 4.83. The standard InChI is InChI=1S/C21H26Cl2N4O/c1-2-10-26-11-13-27(14-12-26)20-18(23)4-3-5-19(20)25-21(28)24-15-16-6-8-17(22)9-7-16/h3-9H,2,10-15H2,1H3,(H2,24,25,28). The first-order chi connectivity index (χ1) is 13.6. The summed E-state index contributed by atoms with van der Waals surface area (Å²) >= 11 is 12.4. The molecule has 0 aromatic heterocycles. The summed E-state index contributed by atoms with van der Waals surface area (Å²) in [4.78, 5) is 17.1. The van der Waals surface area contributed by atoms with Crippen LogP contribution in [0, 0.1) is 0 Å². The first-order valence-corrected chi connectivity index (χ1v) is 10.4. The lowest BCUT2D eigenvalue weighted by atomic mass is 10.2. The summed E-state index contributed by atoms with van der Waals surface area (Å²) in [5.41, 5.74) is 2.60. The summed E-state index contributed by atoms with van der Waals surface area (Å²) in [6, 6.07) is 12.8. The number of anilines is 2. The molecule has 0 unspecified atom stereocenters. The number of carbonyl (C=O) groups excluding carboxylic acids is 1. The van der Waals surface area contributed by atoms with Crippen molar-refractivity contribution in [1.82, 2.24) is 10.2 Å². The average molecular weight is 421 g/mol. The molecule has 150 valence electrons. The lowest BCUT2D eigenvalue weighted by molar-refractivity contribution is 0.251. The van der Waals surface area contributed by atoms with E-state index in [4.69, 9.17) is 23.2 Å². The minimum atomic E-state index is -0.261. The Balaban J connectivity index is 1.63. The van der Waals surface area contributed by atoms with Gasteiger partial charge in [-0.1, -0.05) is 48.3 Å². The molecule has 1 heterocycles. The number of para-hydroxylation sites is 1. The van der Waals surface area contributed by atoms with Gasteiger partial charge in [0.05, 0.1) is 16.4 Å². The van der Waals surface area contributed by atoms with Gasteiger partial charge in [0.1, 0.15) is 0 Å². The molecule has 1 aliphatic rings. The summed E-state index contributed by atoms with van der Waals surface area (Å²) in [6.45, 7) is 7.53. The van der Waals surface area contributed by atoms with Crippen LogP contribution in [0.5, 0.6) is 0 Å². The van der Waals surface area contributed by atoms with Gasteiger partial charge in [0.2, 0.25) is 0 Å². The van der Waals surface area contributed by atoms with Gasteiger partial charge in [-0.2, -0.15) is 0 Å². The highest BCUT2D eigenvalue weighted by molar-refractivity contribution is 6.34.